The molecule has 40 heavy (non-hydrogen) atoms. The van der Waals surface area contributed by atoms with Crippen molar-refractivity contribution in [3.05, 3.63) is 117 Å². The standard InChI is InChI=1S/C27H36N2.C9H8Cl.Pd/c1-18(2)22-11-9-12-23(19(3)4)26(22)28-15-16-29(17-28)27-24(20(5)6)13-10-14-25(27)21(7)8;1-2-9(10)8-6-4-3-5-7-8;/h9-16,18-21H,1-8H3;2-7H,1H2;/q;;-1. The van der Waals surface area contributed by atoms with Crippen molar-refractivity contribution >= 4 is 16.6 Å². The Balaban J connectivity index is 2.04. The van der Waals surface area contributed by atoms with Gasteiger partial charge in [-0.3, -0.25) is 0 Å². The summed E-state index contributed by atoms with van der Waals surface area (Å²) in [4.78, 5) is 0.897. The van der Waals surface area contributed by atoms with E-state index in [0.29, 0.717) is 23.7 Å². The third kappa shape index (κ3) is 6.55. The molecule has 4 aromatic rings. The Morgan fingerprint density at radius 1 is 0.625 bits per heavy atom. The molecule has 0 atom stereocenters. The Morgan fingerprint density at radius 3 is 1.40 bits per heavy atom. The van der Waals surface area contributed by atoms with E-state index in [4.69, 9.17) is 11.6 Å². The number of nitrogens with zero attached hydrogens (tertiary/aromatic N) is 2. The predicted molar refractivity (Wildman–Crippen MR) is 170 cm³/mol. The monoisotopic (exact) mass is 645 g/mol. The molecule has 0 spiro atoms. The maximum atomic E-state index is 6.78. The molecule has 4 rings (SSSR count). The molecule has 3 aromatic carbocycles. The molecular formula is C36H44ClN2Pd-. The van der Waals surface area contributed by atoms with Gasteiger partial charge >= 0.3 is 256 Å². The van der Waals surface area contributed by atoms with Crippen LogP contribution in [0.5, 0.6) is 0 Å². The van der Waals surface area contributed by atoms with Crippen LogP contribution in [0, 0.1) is 3.89 Å². The number of para-hydroxylation sites is 2. The number of halogens is 1. The van der Waals surface area contributed by atoms with Gasteiger partial charge in [0.15, 0.2) is 0 Å². The Morgan fingerprint density at radius 2 is 1.02 bits per heavy atom. The van der Waals surface area contributed by atoms with Crippen LogP contribution in [0.1, 0.15) is 107 Å². The summed E-state index contributed by atoms with van der Waals surface area (Å²) in [7, 11) is 0. The third-order valence-corrected chi connectivity index (χ3v) is 9.61. The Labute approximate surface area is 254 Å². The number of rotatable bonds is 9. The van der Waals surface area contributed by atoms with Gasteiger partial charge in [-0.1, -0.05) is 0 Å². The number of allylic oxidation sites excluding steroid dienone is 1. The summed E-state index contributed by atoms with van der Waals surface area (Å²) >= 11 is 7.06. The SMILES string of the molecule is CC(C)c1cccc(C(C)C)c1-n1ccn(-c2c(C(C)C)cccc2C(C)C)[c]1=[Pd-][CH2]C=C(Cl)c1ccccc1. The van der Waals surface area contributed by atoms with E-state index in [-0.39, 0.29) is 17.5 Å². The van der Waals surface area contributed by atoms with E-state index in [1.54, 1.807) is 0 Å². The van der Waals surface area contributed by atoms with E-state index in [0.717, 1.165) is 15.5 Å². The van der Waals surface area contributed by atoms with Crippen molar-refractivity contribution < 1.29 is 17.5 Å². The number of aromatic nitrogens is 2. The second-order valence-corrected chi connectivity index (χ2v) is 13.9. The zero-order valence-corrected chi connectivity index (χ0v) is 27.5. The summed E-state index contributed by atoms with van der Waals surface area (Å²) < 4.78 is 6.31. The van der Waals surface area contributed by atoms with Gasteiger partial charge in [0, 0.05) is 0 Å². The predicted octanol–water partition coefficient (Wildman–Crippen LogP) is 11.1. The topological polar surface area (TPSA) is 9.86 Å². The Kier molecular flexibility index (Phi) is 10.3. The molecule has 0 saturated heterocycles. The molecule has 1 aromatic heterocycles. The van der Waals surface area contributed by atoms with Crippen LogP contribution in [0.25, 0.3) is 16.4 Å². The fraction of sp³-hybridized carbons (Fsp3) is 0.361. The van der Waals surface area contributed by atoms with E-state index >= 15 is 0 Å². The van der Waals surface area contributed by atoms with Crippen LogP contribution in [0.15, 0.2) is 85.2 Å². The molecule has 0 aliphatic heterocycles. The van der Waals surface area contributed by atoms with Crippen LogP contribution in [-0.4, -0.2) is 9.13 Å². The maximum absolute atomic E-state index is 6.78. The second-order valence-electron chi connectivity index (χ2n) is 11.6. The minimum atomic E-state index is 0.280. The molecule has 0 unspecified atom stereocenters. The minimum absolute atomic E-state index is 0.280. The van der Waals surface area contributed by atoms with Gasteiger partial charge in [0.2, 0.25) is 0 Å². The van der Waals surface area contributed by atoms with Crippen LogP contribution in [0.2, 0.25) is 4.89 Å². The summed E-state index contributed by atoms with van der Waals surface area (Å²) in [5.41, 5.74) is 9.31. The van der Waals surface area contributed by atoms with Crippen molar-refractivity contribution in [2.24, 2.45) is 0 Å². The molecule has 0 saturated carbocycles. The first-order valence-electron chi connectivity index (χ1n) is 14.4. The fourth-order valence-electron chi connectivity index (χ4n) is 5.23. The van der Waals surface area contributed by atoms with Crippen molar-refractivity contribution in [2.45, 2.75) is 84.0 Å². The van der Waals surface area contributed by atoms with Gasteiger partial charge in [0.1, 0.15) is 0 Å². The first kappa shape index (κ1) is 30.5. The summed E-state index contributed by atoms with van der Waals surface area (Å²) in [5.74, 6) is 1.69. The Bertz CT molecular complexity index is 1400. The molecule has 0 aliphatic carbocycles. The molecule has 0 bridgehead atoms. The zero-order valence-electron chi connectivity index (χ0n) is 25.2. The van der Waals surface area contributed by atoms with Gasteiger partial charge in [-0.05, 0) is 0 Å². The quantitative estimate of drug-likeness (QED) is 0.160. The zero-order chi connectivity index (χ0) is 29.0. The summed E-state index contributed by atoms with van der Waals surface area (Å²) in [6.45, 7) is 18.4. The summed E-state index contributed by atoms with van der Waals surface area (Å²) in [5, 5.41) is 0.819. The van der Waals surface area contributed by atoms with Gasteiger partial charge in [0.25, 0.3) is 0 Å². The normalized spacial score (nSPS) is 12.5. The van der Waals surface area contributed by atoms with E-state index < -0.39 is 0 Å². The molecule has 2 nitrogen and oxygen atoms in total. The van der Waals surface area contributed by atoms with Crippen LogP contribution in [0.4, 0.5) is 0 Å². The van der Waals surface area contributed by atoms with E-state index in [1.165, 1.54) is 37.5 Å². The van der Waals surface area contributed by atoms with Crippen molar-refractivity contribution in [3.8, 4) is 11.4 Å². The molecule has 0 N–H and O–H groups in total. The van der Waals surface area contributed by atoms with Crippen molar-refractivity contribution in [1.29, 1.82) is 0 Å². The first-order chi connectivity index (χ1) is 19.1. The van der Waals surface area contributed by atoms with E-state index in [1.807, 2.05) is 18.2 Å². The second kappa shape index (κ2) is 13.5. The fourth-order valence-corrected chi connectivity index (χ4v) is 7.48. The molecule has 0 radical (unpaired) electrons. The van der Waals surface area contributed by atoms with Crippen molar-refractivity contribution in [1.82, 2.24) is 9.13 Å². The first-order valence-corrected chi connectivity index (χ1v) is 16.7. The average Bonchev–Trinajstić information content (AvgIpc) is 3.35. The van der Waals surface area contributed by atoms with Crippen LogP contribution in [-0.2, 0) is 17.5 Å². The molecular weight excluding hydrogens is 602 g/mol. The number of hydrogen-bond donors (Lipinski definition) is 0. The summed E-state index contributed by atoms with van der Waals surface area (Å²) in [6, 6.07) is 23.9. The number of imidazole rings is 1. The van der Waals surface area contributed by atoms with Crippen molar-refractivity contribution in [3.63, 3.8) is 0 Å². The number of hydrogen-bond acceptors (Lipinski definition) is 0. The van der Waals surface area contributed by atoms with Crippen LogP contribution >= 0.6 is 11.6 Å². The molecule has 0 aliphatic rings. The number of benzene rings is 3. The van der Waals surface area contributed by atoms with Crippen LogP contribution < -0.4 is 0 Å². The molecule has 1 heterocycles. The van der Waals surface area contributed by atoms with Gasteiger partial charge in [-0.2, -0.15) is 0 Å². The van der Waals surface area contributed by atoms with E-state index in [9.17, 15) is 0 Å². The van der Waals surface area contributed by atoms with Gasteiger partial charge in [0.05, 0.1) is 0 Å². The Hall–Kier alpha value is -2.44. The third-order valence-electron chi connectivity index (χ3n) is 7.36. The average molecular weight is 647 g/mol. The molecule has 216 valence electrons. The van der Waals surface area contributed by atoms with Gasteiger partial charge in [-0.15, -0.1) is 0 Å². The van der Waals surface area contributed by atoms with Gasteiger partial charge < -0.3 is 0 Å². The molecule has 0 amide bonds. The van der Waals surface area contributed by atoms with E-state index in [2.05, 4.69) is 132 Å². The summed E-state index contributed by atoms with van der Waals surface area (Å²) in [6.07, 6.45) is 6.79. The van der Waals surface area contributed by atoms with Crippen LogP contribution in [0.3, 0.4) is 0 Å². The van der Waals surface area contributed by atoms with Gasteiger partial charge in [-0.25, -0.2) is 0 Å². The van der Waals surface area contributed by atoms with Crippen molar-refractivity contribution in [2.75, 3.05) is 0 Å². The molecule has 4 heteroatoms. The molecule has 0 fully saturated rings.